The van der Waals surface area contributed by atoms with Gasteiger partial charge >= 0.3 is 5.97 Å². The Balaban J connectivity index is 2.44. The van der Waals surface area contributed by atoms with Gasteiger partial charge in [-0.2, -0.15) is 0 Å². The minimum Gasteiger partial charge on any atom is -0.503 e. The predicted molar refractivity (Wildman–Crippen MR) is 81.5 cm³/mol. The molecule has 21 heavy (non-hydrogen) atoms. The van der Waals surface area contributed by atoms with E-state index in [1.54, 1.807) is 12.1 Å². The number of ether oxygens (including phenoxy) is 1. The van der Waals surface area contributed by atoms with E-state index in [-0.39, 0.29) is 17.4 Å². The molecule has 1 aliphatic heterocycles. The van der Waals surface area contributed by atoms with Crippen LogP contribution in [0.3, 0.4) is 0 Å². The third kappa shape index (κ3) is 2.96. The number of aromatic hydroxyl groups is 1. The fourth-order valence-electron chi connectivity index (χ4n) is 2.23. The van der Waals surface area contributed by atoms with E-state index in [1.165, 1.54) is 30.7 Å². The second-order valence-electron chi connectivity index (χ2n) is 4.52. The van der Waals surface area contributed by atoms with Crippen molar-refractivity contribution >= 4 is 39.6 Å². The molecule has 1 fully saturated rings. The lowest BCUT2D eigenvalue weighted by atomic mass is 10.1. The number of phenols is 1. The number of phenolic OH excluding ortho intramolecular Hbond substituents is 1. The highest BCUT2D eigenvalue weighted by atomic mass is 79.9. The van der Waals surface area contributed by atoms with E-state index in [1.807, 2.05) is 0 Å². The predicted octanol–water partition coefficient (Wildman–Crippen LogP) is 2.21. The molecular formula is C13H14BrNO5S. The Kier molecular flexibility index (Phi) is 4.67. The number of benzene rings is 1. The number of aliphatic carboxylic acids is 1. The number of carbonyl (C=O) groups excluding carboxylic acids is 1. The molecule has 2 rings (SSSR count). The molecule has 6 nitrogen and oxygen atoms in total. The summed E-state index contributed by atoms with van der Waals surface area (Å²) >= 11 is 4.60. The number of carboxylic acids is 1. The molecule has 0 aliphatic carbocycles. The fourth-order valence-corrected chi connectivity index (χ4v) is 4.14. The zero-order valence-corrected chi connectivity index (χ0v) is 13.8. The van der Waals surface area contributed by atoms with Gasteiger partial charge in [0, 0.05) is 12.7 Å². The van der Waals surface area contributed by atoms with Gasteiger partial charge in [0.15, 0.2) is 11.5 Å². The highest BCUT2D eigenvalue weighted by molar-refractivity contribution is 9.10. The minimum atomic E-state index is -1.02. The van der Waals surface area contributed by atoms with Crippen LogP contribution >= 0.6 is 27.7 Å². The van der Waals surface area contributed by atoms with E-state index in [0.29, 0.717) is 15.8 Å². The lowest BCUT2D eigenvalue weighted by Gasteiger charge is -2.26. The van der Waals surface area contributed by atoms with Gasteiger partial charge in [0.2, 0.25) is 5.91 Å². The molecule has 1 aromatic rings. The molecule has 0 radical (unpaired) electrons. The Hall–Kier alpha value is -1.41. The summed E-state index contributed by atoms with van der Waals surface area (Å²) in [4.78, 5) is 24.4. The maximum Gasteiger partial charge on any atom is 0.327 e. The average molecular weight is 376 g/mol. The Labute approximate surface area is 134 Å². The molecule has 2 atom stereocenters. The van der Waals surface area contributed by atoms with Crippen LogP contribution in [0.5, 0.6) is 11.5 Å². The molecule has 0 unspecified atom stereocenters. The summed E-state index contributed by atoms with van der Waals surface area (Å²) in [7, 11) is 1.43. The van der Waals surface area contributed by atoms with Crippen molar-refractivity contribution in [3.05, 3.63) is 22.2 Å². The van der Waals surface area contributed by atoms with Crippen LogP contribution in [-0.2, 0) is 9.59 Å². The van der Waals surface area contributed by atoms with Gasteiger partial charge in [-0.25, -0.2) is 4.79 Å². The standard InChI is InChI=1S/C13H14BrNO5S/c1-6(16)15-9(13(18)19)5-21-12(15)7-3-8(14)11(17)10(4-7)20-2/h3-4,9,12,17H,5H2,1-2H3,(H,18,19)/t9-,12-/m1/s1. The van der Waals surface area contributed by atoms with E-state index < -0.39 is 17.4 Å². The van der Waals surface area contributed by atoms with Crippen LogP contribution in [0.4, 0.5) is 0 Å². The number of nitrogens with zero attached hydrogens (tertiary/aromatic N) is 1. The summed E-state index contributed by atoms with van der Waals surface area (Å²) in [6.45, 7) is 1.35. The highest BCUT2D eigenvalue weighted by Gasteiger charge is 2.41. The molecule has 8 heteroatoms. The summed E-state index contributed by atoms with van der Waals surface area (Å²) in [6.07, 6.45) is 0. The molecule has 1 heterocycles. The minimum absolute atomic E-state index is 0.0339. The van der Waals surface area contributed by atoms with Gasteiger partial charge in [0.1, 0.15) is 11.4 Å². The molecule has 0 aromatic heterocycles. The van der Waals surface area contributed by atoms with Gasteiger partial charge in [-0.1, -0.05) is 0 Å². The van der Waals surface area contributed by atoms with Crippen LogP contribution < -0.4 is 4.74 Å². The van der Waals surface area contributed by atoms with E-state index in [4.69, 9.17) is 4.74 Å². The summed E-state index contributed by atoms with van der Waals surface area (Å²) in [5.74, 6) is -0.776. The van der Waals surface area contributed by atoms with Crippen LogP contribution in [0.25, 0.3) is 0 Å². The zero-order valence-electron chi connectivity index (χ0n) is 11.4. The van der Waals surface area contributed by atoms with Gasteiger partial charge in [-0.3, -0.25) is 4.79 Å². The Bertz CT molecular complexity index is 594. The molecule has 1 aromatic carbocycles. The Morgan fingerprint density at radius 1 is 1.48 bits per heavy atom. The Morgan fingerprint density at radius 2 is 2.14 bits per heavy atom. The van der Waals surface area contributed by atoms with Crippen molar-refractivity contribution < 1.29 is 24.5 Å². The first-order chi connectivity index (χ1) is 9.86. The van der Waals surface area contributed by atoms with Gasteiger partial charge in [0.05, 0.1) is 11.6 Å². The first-order valence-corrected chi connectivity index (χ1v) is 7.90. The van der Waals surface area contributed by atoms with Crippen molar-refractivity contribution in [2.45, 2.75) is 18.3 Å². The van der Waals surface area contributed by atoms with Crippen LogP contribution in [0.15, 0.2) is 16.6 Å². The largest absolute Gasteiger partial charge is 0.503 e. The SMILES string of the molecule is COc1cc([C@H]2SC[C@H](C(=O)O)N2C(C)=O)cc(Br)c1O. The first-order valence-electron chi connectivity index (χ1n) is 6.06. The van der Waals surface area contributed by atoms with Crippen molar-refractivity contribution in [1.29, 1.82) is 0 Å². The number of carbonyl (C=O) groups is 2. The number of rotatable bonds is 3. The molecule has 0 bridgehead atoms. The smallest absolute Gasteiger partial charge is 0.327 e. The molecule has 2 N–H and O–H groups in total. The topological polar surface area (TPSA) is 87.1 Å². The van der Waals surface area contributed by atoms with Crippen LogP contribution in [0, 0.1) is 0 Å². The maximum atomic E-state index is 11.8. The first kappa shape index (κ1) is 16.0. The third-order valence-electron chi connectivity index (χ3n) is 3.20. The number of halogens is 1. The molecule has 0 saturated carbocycles. The Morgan fingerprint density at radius 3 is 2.67 bits per heavy atom. The molecule has 1 aliphatic rings. The van der Waals surface area contributed by atoms with E-state index in [9.17, 15) is 19.8 Å². The highest BCUT2D eigenvalue weighted by Crippen LogP contribution is 2.45. The molecule has 114 valence electrons. The van der Waals surface area contributed by atoms with E-state index >= 15 is 0 Å². The number of hydrogen-bond donors (Lipinski definition) is 2. The summed E-state index contributed by atoms with van der Waals surface area (Å²) in [6, 6.07) is 2.42. The van der Waals surface area contributed by atoms with Gasteiger partial charge in [-0.05, 0) is 33.6 Å². The van der Waals surface area contributed by atoms with Crippen LogP contribution in [-0.4, -0.2) is 45.9 Å². The van der Waals surface area contributed by atoms with Crippen molar-refractivity contribution in [2.24, 2.45) is 0 Å². The third-order valence-corrected chi connectivity index (χ3v) is 5.13. The summed E-state index contributed by atoms with van der Waals surface area (Å²) in [5, 5.41) is 18.6. The average Bonchev–Trinajstić information content (AvgIpc) is 2.86. The number of hydrogen-bond acceptors (Lipinski definition) is 5. The summed E-state index contributed by atoms with van der Waals surface area (Å²) in [5.41, 5.74) is 0.695. The molecule has 1 saturated heterocycles. The lowest BCUT2D eigenvalue weighted by molar-refractivity contribution is -0.148. The van der Waals surface area contributed by atoms with Crippen molar-refractivity contribution in [1.82, 2.24) is 4.90 Å². The second kappa shape index (κ2) is 6.15. The van der Waals surface area contributed by atoms with Gasteiger partial charge in [0.25, 0.3) is 0 Å². The maximum absolute atomic E-state index is 11.8. The normalized spacial score (nSPS) is 21.4. The van der Waals surface area contributed by atoms with Gasteiger partial charge in [-0.15, -0.1) is 11.8 Å². The fraction of sp³-hybridized carbons (Fsp3) is 0.385. The zero-order chi connectivity index (χ0) is 15.7. The molecule has 1 amide bonds. The van der Waals surface area contributed by atoms with Crippen LogP contribution in [0.2, 0.25) is 0 Å². The number of thioether (sulfide) groups is 1. The van der Waals surface area contributed by atoms with Crippen molar-refractivity contribution in [3.63, 3.8) is 0 Å². The van der Waals surface area contributed by atoms with Crippen LogP contribution in [0.1, 0.15) is 17.9 Å². The van der Waals surface area contributed by atoms with E-state index in [0.717, 1.165) is 0 Å². The number of amides is 1. The molecular weight excluding hydrogens is 362 g/mol. The number of carboxylic acid groups (broad SMARTS) is 1. The monoisotopic (exact) mass is 375 g/mol. The summed E-state index contributed by atoms with van der Waals surface area (Å²) < 4.78 is 5.52. The van der Waals surface area contributed by atoms with Crippen molar-refractivity contribution in [3.8, 4) is 11.5 Å². The second-order valence-corrected chi connectivity index (χ2v) is 6.49. The molecule has 0 spiro atoms. The quantitative estimate of drug-likeness (QED) is 0.841. The number of methoxy groups -OCH3 is 1. The van der Waals surface area contributed by atoms with Crippen molar-refractivity contribution in [2.75, 3.05) is 12.9 Å². The van der Waals surface area contributed by atoms with E-state index in [2.05, 4.69) is 15.9 Å². The van der Waals surface area contributed by atoms with Gasteiger partial charge < -0.3 is 19.8 Å². The lowest BCUT2D eigenvalue weighted by Crippen LogP contribution is -2.41.